The third-order valence-corrected chi connectivity index (χ3v) is 27.9. The molecule has 0 spiro atoms. The Balaban J connectivity index is 0.000000178. The molecule has 18 rings (SSSR count). The summed E-state index contributed by atoms with van der Waals surface area (Å²) in [6, 6.07) is 39.8. The number of carbonyl (C=O) groups excluding carboxylic acids is 6. The minimum Gasteiger partial charge on any atom is -0.480 e. The smallest absolute Gasteiger partial charge is 0.411 e. The SMILES string of the molecule is C.C[C@H]1CCN(C(=O)OC(C)(C)C)[C@@H]1C(=O)O.C[C@H]1CCN(C(=O)OC(C)(C)C)[C@@H]1C(=O)O.Cc1ccc(-n2nccn2)c(C(=O)N2CC[C@H](C)[C@H]2C2=Nc3cccc(C)c3C2)c1.Cc1ccc(-n2nccn2)c(C(=O)O)c1.Cc1cccc(CC(=O)[C@@H]2[C@@H](C)CCN2C(=O)OC(C)(C)C)c1N.Cc1cccc(N)c1N.Cc1cccc2c1CC([C@@H]1[C@@H](C)CCN1C(=O)OC(C)(C)C)=N2.Cc1cccc2c1CC([C@H]1NCC[C@@H]1C)=N2. The monoisotopic (exact) mass is 2060 g/mol. The van der Waals surface area contributed by atoms with Crippen molar-refractivity contribution in [3.05, 3.63) is 225 Å². The molecule has 150 heavy (non-hydrogen) atoms. The first-order valence-electron chi connectivity index (χ1n) is 51.6. The van der Waals surface area contributed by atoms with E-state index in [1.54, 1.807) is 77.0 Å². The lowest BCUT2D eigenvalue weighted by Gasteiger charge is -2.30. The second-order valence-corrected chi connectivity index (χ2v) is 44.5. The summed E-state index contributed by atoms with van der Waals surface area (Å²) in [6.45, 7) is 52.4. The number of nitrogens with zero attached hydrogens (tertiary/aromatic N) is 14. The highest BCUT2D eigenvalue weighted by atomic mass is 16.6. The van der Waals surface area contributed by atoms with Crippen molar-refractivity contribution in [2.45, 2.75) is 303 Å². The average molecular weight is 2060 g/mol. The van der Waals surface area contributed by atoms with Gasteiger partial charge in [0.25, 0.3) is 5.91 Å². The molecule has 0 saturated carbocycles. The van der Waals surface area contributed by atoms with Crippen LogP contribution in [0.25, 0.3) is 11.4 Å². The van der Waals surface area contributed by atoms with E-state index in [1.165, 1.54) is 83.0 Å². The third-order valence-electron chi connectivity index (χ3n) is 27.9. The first-order chi connectivity index (χ1) is 70.0. The van der Waals surface area contributed by atoms with Crippen molar-refractivity contribution >= 4 is 105 Å². The lowest BCUT2D eigenvalue weighted by atomic mass is 9.93. The summed E-state index contributed by atoms with van der Waals surface area (Å²) in [4.78, 5) is 134. The fourth-order valence-corrected chi connectivity index (χ4v) is 20.0. The number of hydrogen-bond donors (Lipinski definition) is 7. The van der Waals surface area contributed by atoms with Gasteiger partial charge in [0.05, 0.1) is 88.2 Å². The number of para-hydroxylation sites is 2. The number of benzene rings is 7. The molecule has 0 unspecified atom stereocenters. The molecule has 0 aliphatic carbocycles. The summed E-state index contributed by atoms with van der Waals surface area (Å²) in [5, 5.41) is 47.0. The van der Waals surface area contributed by atoms with E-state index in [2.05, 4.69) is 116 Å². The molecule has 34 heteroatoms. The lowest BCUT2D eigenvalue weighted by Crippen LogP contribution is -2.45. The quantitative estimate of drug-likeness (QED) is 0.0441. The molecule has 12 atom stereocenters. The van der Waals surface area contributed by atoms with E-state index in [0.29, 0.717) is 84.4 Å². The van der Waals surface area contributed by atoms with Crippen molar-refractivity contribution in [3.63, 3.8) is 0 Å². The van der Waals surface area contributed by atoms with Gasteiger partial charge in [-0.1, -0.05) is 139 Å². The number of fused-ring (bicyclic) bond motifs is 3. The van der Waals surface area contributed by atoms with Crippen LogP contribution in [-0.2, 0) is 59.0 Å². The van der Waals surface area contributed by atoms with Crippen LogP contribution >= 0.6 is 0 Å². The number of carboxylic acid groups (broad SMARTS) is 3. The normalized spacial score (nSPS) is 21.1. The summed E-state index contributed by atoms with van der Waals surface area (Å²) < 4.78 is 21.4. The van der Waals surface area contributed by atoms with Crippen LogP contribution in [0.2, 0.25) is 0 Å². The van der Waals surface area contributed by atoms with Gasteiger partial charge in [-0.2, -0.15) is 30.0 Å². The standard InChI is InChI=1S/C24H25N5O.C19H28N2O3.C19H26N2O2.C14H18N2.2C11H19NO4.C10H9N3O2.C7H10N2.CH4/c1-15-7-8-22(29-25-10-11-26-29)19(13-15)24(30)28-12-9-17(3)23(28)21-14-18-16(2)5-4-6-20(18)27-21;1-12-7-6-8-14(16(12)20)11-15(22)17-13(2)9-10-21(17)18(23)24-19(3,4)5;1-12-7-6-8-15-14(12)11-16(20-15)17-13(2)9-10-21(17)18(22)23-19(3,4)5;1-9-4-3-5-12-11(9)8-13(16-12)14-10(2)6-7-15-14;2*1-7-5-6-12(8(7)9(13)14)10(15)16-11(2,3)4;1-7-2-3-9(8(6-7)10(14)15)13-11-4-5-12-13;1-5-3-2-4-6(8)7(5)9;/h4-8,10-11,13,17,23H,9,12,14H2,1-3H3;6-8,13,17H,9-11,20H2,1-5H3;6-8,13,17H,9-11H2,1-5H3;3-5,10,14-15H,6-8H2,1-2H3;2*7-8H,5-6H2,1-4H3,(H,13,14);2-6H,1H3,(H,14,15);2-4H,8-9H2,1H3;1H4/t17-,23-;2*13-,17-;10-,14-;2*7-,8-;;;/m000000.../s1. The van der Waals surface area contributed by atoms with Crippen LogP contribution in [0.3, 0.4) is 0 Å². The number of aliphatic carboxylic acids is 2. The van der Waals surface area contributed by atoms with Crippen molar-refractivity contribution in [3.8, 4) is 11.4 Å². The number of likely N-dealkylation sites (tertiary alicyclic amines) is 5. The fourth-order valence-electron chi connectivity index (χ4n) is 20.0. The van der Waals surface area contributed by atoms with E-state index in [-0.39, 0.29) is 67.0 Å². The molecule has 808 valence electrons. The van der Waals surface area contributed by atoms with Crippen molar-refractivity contribution in [1.82, 2.24) is 59.8 Å². The topological polar surface area (TPSA) is 456 Å². The number of ketones is 1. The second kappa shape index (κ2) is 50.4. The van der Waals surface area contributed by atoms with E-state index in [1.807, 2.05) is 160 Å². The Hall–Kier alpha value is -14.2. The molecule has 9 aliphatic rings. The molecule has 0 bridgehead atoms. The Morgan fingerprint density at radius 1 is 0.380 bits per heavy atom. The van der Waals surface area contributed by atoms with E-state index in [0.717, 1.165) is 115 Å². The van der Waals surface area contributed by atoms with Crippen LogP contribution in [0.1, 0.15) is 252 Å². The number of anilines is 3. The van der Waals surface area contributed by atoms with Gasteiger partial charge < -0.3 is 61.7 Å². The molecule has 10 N–H and O–H groups in total. The van der Waals surface area contributed by atoms with Crippen LogP contribution < -0.4 is 22.5 Å². The van der Waals surface area contributed by atoms with Crippen LogP contribution in [0.5, 0.6) is 0 Å². The molecule has 34 nitrogen and oxygen atoms in total. The van der Waals surface area contributed by atoms with Gasteiger partial charge in [-0.05, 0) is 311 Å². The number of aryl methyl sites for hydroxylation is 7. The minimum atomic E-state index is -0.981. The summed E-state index contributed by atoms with van der Waals surface area (Å²) in [5.74, 6) is -1.27. The summed E-state index contributed by atoms with van der Waals surface area (Å²) >= 11 is 0. The predicted molar refractivity (Wildman–Crippen MR) is 588 cm³/mol. The molecule has 2 aromatic heterocycles. The van der Waals surface area contributed by atoms with Gasteiger partial charge in [0.1, 0.15) is 40.2 Å². The number of Topliss-reactive ketones (excluding diaryl/α,β-unsaturated/α-hetero) is 1. The summed E-state index contributed by atoms with van der Waals surface area (Å²) in [5.41, 5.74) is 38.5. The van der Waals surface area contributed by atoms with Gasteiger partial charge in [0, 0.05) is 87.3 Å². The van der Waals surface area contributed by atoms with Gasteiger partial charge in [0.15, 0.2) is 5.78 Å². The van der Waals surface area contributed by atoms with Crippen molar-refractivity contribution < 1.29 is 77.4 Å². The summed E-state index contributed by atoms with van der Waals surface area (Å²) in [6.07, 6.45) is 13.0. The zero-order valence-corrected chi connectivity index (χ0v) is 91.3. The molecular formula is C116H158N18O16. The van der Waals surface area contributed by atoms with Crippen molar-refractivity contribution in [1.29, 1.82) is 0 Å². The number of nitrogens with one attached hydrogen (secondary N) is 1. The average Bonchev–Trinajstić information content (AvgIpc) is 1.64. The van der Waals surface area contributed by atoms with Gasteiger partial charge in [-0.25, -0.2) is 33.6 Å². The first kappa shape index (κ1) is 118. The Labute approximate surface area is 883 Å². The number of nitrogens with two attached hydrogens (primary N) is 3. The maximum Gasteiger partial charge on any atom is 0.411 e. The fraction of sp³-hybridized carbons (Fsp3) is 0.500. The molecular weight excluding hydrogens is 1900 g/mol. The van der Waals surface area contributed by atoms with E-state index in [9.17, 15) is 43.2 Å². The molecule has 6 saturated heterocycles. The Morgan fingerprint density at radius 3 is 1.09 bits per heavy atom. The van der Waals surface area contributed by atoms with Gasteiger partial charge in [-0.3, -0.25) is 44.2 Å². The molecule has 9 aliphatic heterocycles. The van der Waals surface area contributed by atoms with Gasteiger partial charge in [-0.15, -0.1) is 0 Å². The highest BCUT2D eigenvalue weighted by Crippen LogP contribution is 2.41. The maximum atomic E-state index is 13.8. The van der Waals surface area contributed by atoms with Crippen LogP contribution in [0.4, 0.5) is 53.3 Å². The molecule has 0 radical (unpaired) electrons. The highest BCUT2D eigenvalue weighted by Gasteiger charge is 2.47. The molecule has 11 heterocycles. The predicted octanol–water partition coefficient (Wildman–Crippen LogP) is 20.8. The van der Waals surface area contributed by atoms with Crippen molar-refractivity contribution in [2.75, 3.05) is 56.5 Å². The number of rotatable bonds is 12. The van der Waals surface area contributed by atoms with E-state index < -0.39 is 76.7 Å². The zero-order chi connectivity index (χ0) is 109. The third kappa shape index (κ3) is 30.4. The number of aromatic nitrogens is 6. The minimum absolute atomic E-state index is 0. The van der Waals surface area contributed by atoms with E-state index in [4.69, 9.17) is 66.4 Å². The molecule has 9 aromatic rings. The van der Waals surface area contributed by atoms with Crippen molar-refractivity contribution in [2.24, 2.45) is 50.5 Å². The number of aromatic carboxylic acids is 1. The Morgan fingerprint density at radius 2 is 0.713 bits per heavy atom. The first-order valence-corrected chi connectivity index (χ1v) is 51.6. The lowest BCUT2D eigenvalue weighted by molar-refractivity contribution is -0.144. The van der Waals surface area contributed by atoms with Crippen LogP contribution in [-0.4, -0.2) is 239 Å². The van der Waals surface area contributed by atoms with Crippen LogP contribution in [0.15, 0.2) is 167 Å². The van der Waals surface area contributed by atoms with E-state index >= 15 is 0 Å². The molecule has 5 amide bonds. The summed E-state index contributed by atoms with van der Waals surface area (Å²) in [7, 11) is 0. The number of aliphatic imine (C=N–C) groups is 3. The number of hydrogen-bond acceptors (Lipinski definition) is 24. The number of amides is 5. The zero-order valence-electron chi connectivity index (χ0n) is 91.3. The number of carbonyl (C=O) groups is 9. The largest absolute Gasteiger partial charge is 0.480 e. The molecule has 7 aromatic carbocycles. The maximum absolute atomic E-state index is 13.8. The highest BCUT2D eigenvalue weighted by molar-refractivity contribution is 6.05. The van der Waals surface area contributed by atoms with Gasteiger partial charge >= 0.3 is 42.3 Å². The second-order valence-electron chi connectivity index (χ2n) is 44.5. The number of carboxylic acids is 3. The Kier molecular flexibility index (Phi) is 39.6. The number of ether oxygens (including phenoxy) is 4. The Bertz CT molecular complexity index is 6300. The van der Waals surface area contributed by atoms with Gasteiger partial charge in [0.2, 0.25) is 0 Å². The molecule has 6 fully saturated rings. The van der Waals surface area contributed by atoms with Crippen LogP contribution in [0, 0.1) is 84.0 Å². The number of nitrogen functional groups attached to an aromatic ring is 3.